The number of nitrogens with one attached hydrogen (secondary N) is 2. The normalized spacial score (nSPS) is 19.9. The molecule has 0 aliphatic carbocycles. The van der Waals surface area contributed by atoms with Crippen molar-refractivity contribution in [3.8, 4) is 0 Å². The van der Waals surface area contributed by atoms with E-state index in [0.717, 1.165) is 50.1 Å². The summed E-state index contributed by atoms with van der Waals surface area (Å²) < 4.78 is 6.16. The molecule has 4 N–H and O–H groups in total. The van der Waals surface area contributed by atoms with Crippen LogP contribution in [0.1, 0.15) is 50.6 Å². The molecule has 2 aliphatic heterocycles. The number of aliphatic hydroxyl groups excluding tert-OH is 2. The molecular formula is C25H35ClN4O4S. The molecule has 2 aliphatic rings. The van der Waals surface area contributed by atoms with Gasteiger partial charge in [0.25, 0.3) is 0 Å². The number of nitrogens with zero attached hydrogens (tertiary/aromatic N) is 2. The predicted molar refractivity (Wildman–Crippen MR) is 141 cm³/mol. The third-order valence-corrected chi connectivity index (χ3v) is 8.10. The maximum absolute atomic E-state index is 12.7. The standard InChI is InChI=1S/C25H35ClN4O4S/c1-3-16(4-2)23(31)28-19-13-17(7-8-20(19)29-11-5-6-12-29)30-15-18(34-25(30)33)14-27-24(32)21-9-10-22(26)35-21/h7-10,13,16,18,23-24,27-28,31-32H,3-6,11-12,14-15H2,1-2H3. The second kappa shape index (κ2) is 11.8. The maximum Gasteiger partial charge on any atom is 0.414 e. The van der Waals surface area contributed by atoms with Crippen molar-refractivity contribution in [3.63, 3.8) is 0 Å². The Hall–Kier alpha value is -2.04. The largest absolute Gasteiger partial charge is 0.443 e. The van der Waals surface area contributed by atoms with Crippen LogP contribution in [-0.2, 0) is 4.74 Å². The number of ether oxygens (including phenoxy) is 1. The van der Waals surface area contributed by atoms with Crippen LogP contribution in [0.2, 0.25) is 4.34 Å². The zero-order valence-electron chi connectivity index (χ0n) is 20.2. The zero-order valence-corrected chi connectivity index (χ0v) is 21.8. The van der Waals surface area contributed by atoms with E-state index in [0.29, 0.717) is 28.0 Å². The molecule has 8 nitrogen and oxygen atoms in total. The molecule has 10 heteroatoms. The number of anilines is 3. The highest BCUT2D eigenvalue weighted by atomic mass is 35.5. The van der Waals surface area contributed by atoms with Gasteiger partial charge in [-0.05, 0) is 56.0 Å². The number of cyclic esters (lactones) is 1. The Bertz CT molecular complexity index is 996. The van der Waals surface area contributed by atoms with Crippen LogP contribution in [0.15, 0.2) is 30.3 Å². The quantitative estimate of drug-likeness (QED) is 0.315. The minimum atomic E-state index is -0.873. The number of carbonyl (C=O) groups is 1. The van der Waals surface area contributed by atoms with Gasteiger partial charge in [-0.15, -0.1) is 11.3 Å². The van der Waals surface area contributed by atoms with Gasteiger partial charge >= 0.3 is 6.09 Å². The summed E-state index contributed by atoms with van der Waals surface area (Å²) in [5.41, 5.74) is 2.58. The lowest BCUT2D eigenvalue weighted by Crippen LogP contribution is -2.33. The third kappa shape index (κ3) is 6.21. The molecule has 2 saturated heterocycles. The summed E-state index contributed by atoms with van der Waals surface area (Å²) in [7, 11) is 0. The molecule has 0 bridgehead atoms. The monoisotopic (exact) mass is 522 g/mol. The van der Waals surface area contributed by atoms with Gasteiger partial charge in [0.1, 0.15) is 18.6 Å². The van der Waals surface area contributed by atoms with Crippen molar-refractivity contribution in [2.45, 2.75) is 58.1 Å². The third-order valence-electron chi connectivity index (χ3n) is 6.81. The topological polar surface area (TPSA) is 97.3 Å². The molecule has 35 heavy (non-hydrogen) atoms. The lowest BCUT2D eigenvalue weighted by Gasteiger charge is -2.28. The molecule has 0 radical (unpaired) electrons. The lowest BCUT2D eigenvalue weighted by molar-refractivity contribution is 0.103. The van der Waals surface area contributed by atoms with Gasteiger partial charge in [0.05, 0.1) is 22.3 Å². The minimum Gasteiger partial charge on any atom is -0.443 e. The Morgan fingerprint density at radius 2 is 1.91 bits per heavy atom. The lowest BCUT2D eigenvalue weighted by atomic mass is 10.0. The van der Waals surface area contributed by atoms with E-state index in [1.54, 1.807) is 17.0 Å². The van der Waals surface area contributed by atoms with Crippen molar-refractivity contribution < 1.29 is 19.7 Å². The van der Waals surface area contributed by atoms with Gasteiger partial charge in [-0.1, -0.05) is 25.4 Å². The molecule has 3 heterocycles. The van der Waals surface area contributed by atoms with Gasteiger partial charge in [0.15, 0.2) is 0 Å². The Labute approximate surface area is 215 Å². The van der Waals surface area contributed by atoms with Crippen LogP contribution in [0.25, 0.3) is 0 Å². The van der Waals surface area contributed by atoms with Gasteiger partial charge in [-0.3, -0.25) is 10.2 Å². The van der Waals surface area contributed by atoms with E-state index in [4.69, 9.17) is 16.3 Å². The van der Waals surface area contributed by atoms with Crippen LogP contribution in [-0.4, -0.2) is 54.8 Å². The van der Waals surface area contributed by atoms with E-state index >= 15 is 0 Å². The fraction of sp³-hybridized carbons (Fsp3) is 0.560. The molecule has 1 aromatic heterocycles. The van der Waals surface area contributed by atoms with Crippen molar-refractivity contribution in [1.82, 2.24) is 5.32 Å². The number of halogens is 1. The molecule has 3 atom stereocenters. The average Bonchev–Trinajstić information content (AvgIpc) is 3.60. The molecule has 1 amide bonds. The summed E-state index contributed by atoms with van der Waals surface area (Å²) in [5, 5.41) is 27.5. The number of carbonyl (C=O) groups excluding carboxylic acids is 1. The highest BCUT2D eigenvalue weighted by Crippen LogP contribution is 2.35. The van der Waals surface area contributed by atoms with Crippen molar-refractivity contribution in [2.75, 3.05) is 41.3 Å². The molecule has 192 valence electrons. The first kappa shape index (κ1) is 26.0. The van der Waals surface area contributed by atoms with Crippen LogP contribution in [0, 0.1) is 5.92 Å². The van der Waals surface area contributed by atoms with Gasteiger partial charge < -0.3 is 25.2 Å². The Kier molecular flexibility index (Phi) is 8.77. The number of hydrogen-bond donors (Lipinski definition) is 4. The smallest absolute Gasteiger partial charge is 0.414 e. The maximum atomic E-state index is 12.7. The Morgan fingerprint density at radius 3 is 2.57 bits per heavy atom. The number of amides is 1. The molecule has 3 unspecified atom stereocenters. The number of hydrogen-bond acceptors (Lipinski definition) is 8. The van der Waals surface area contributed by atoms with Crippen molar-refractivity contribution in [2.24, 2.45) is 5.92 Å². The van der Waals surface area contributed by atoms with Crippen LogP contribution in [0.5, 0.6) is 0 Å². The molecular weight excluding hydrogens is 488 g/mol. The van der Waals surface area contributed by atoms with Gasteiger partial charge in [0, 0.05) is 36.1 Å². The van der Waals surface area contributed by atoms with Crippen molar-refractivity contribution >= 4 is 46.1 Å². The fourth-order valence-electron chi connectivity index (χ4n) is 4.71. The van der Waals surface area contributed by atoms with Gasteiger partial charge in [-0.2, -0.15) is 0 Å². The van der Waals surface area contributed by atoms with Crippen molar-refractivity contribution in [1.29, 1.82) is 0 Å². The molecule has 2 aromatic rings. The molecule has 1 aromatic carbocycles. The number of benzene rings is 1. The Balaban J connectivity index is 1.46. The van der Waals surface area contributed by atoms with Gasteiger partial charge in [-0.25, -0.2) is 4.79 Å². The number of thiophene rings is 1. The summed E-state index contributed by atoms with van der Waals surface area (Å²) in [6.45, 7) is 6.79. The summed E-state index contributed by atoms with van der Waals surface area (Å²) in [6, 6.07) is 9.39. The SMILES string of the molecule is CCC(CC)C(O)Nc1cc(N2CC(CNC(O)c3ccc(Cl)s3)OC2=O)ccc1N1CCCC1. The van der Waals surface area contributed by atoms with Crippen LogP contribution in [0.4, 0.5) is 21.9 Å². The predicted octanol–water partition coefficient (Wildman–Crippen LogP) is 4.77. The van der Waals surface area contributed by atoms with Gasteiger partial charge in [0.2, 0.25) is 0 Å². The number of rotatable bonds is 11. The highest BCUT2D eigenvalue weighted by molar-refractivity contribution is 7.16. The van der Waals surface area contributed by atoms with Crippen LogP contribution >= 0.6 is 22.9 Å². The highest BCUT2D eigenvalue weighted by Gasteiger charge is 2.33. The molecule has 4 rings (SSSR count). The minimum absolute atomic E-state index is 0.141. The first-order valence-corrected chi connectivity index (χ1v) is 13.6. The average molecular weight is 523 g/mol. The zero-order chi connectivity index (χ0) is 24.9. The van der Waals surface area contributed by atoms with E-state index in [2.05, 4.69) is 29.4 Å². The van der Waals surface area contributed by atoms with E-state index < -0.39 is 24.7 Å². The van der Waals surface area contributed by atoms with Crippen molar-refractivity contribution in [3.05, 3.63) is 39.5 Å². The van der Waals surface area contributed by atoms with E-state index in [-0.39, 0.29) is 5.92 Å². The fourth-order valence-corrected chi connectivity index (χ4v) is 5.73. The molecule has 0 spiro atoms. The summed E-state index contributed by atoms with van der Waals surface area (Å²) >= 11 is 7.25. The summed E-state index contributed by atoms with van der Waals surface area (Å²) in [5.74, 6) is 0.141. The second-order valence-electron chi connectivity index (χ2n) is 9.13. The van der Waals surface area contributed by atoms with E-state index in [9.17, 15) is 15.0 Å². The van der Waals surface area contributed by atoms with E-state index in [1.165, 1.54) is 11.3 Å². The first-order chi connectivity index (χ1) is 16.9. The summed E-state index contributed by atoms with van der Waals surface area (Å²) in [4.78, 5) is 17.3. The number of aliphatic hydroxyl groups is 2. The van der Waals surface area contributed by atoms with Crippen LogP contribution < -0.4 is 20.4 Å². The molecule has 0 saturated carbocycles. The molecule has 2 fully saturated rings. The van der Waals surface area contributed by atoms with E-state index in [1.807, 2.05) is 18.2 Å². The first-order valence-electron chi connectivity index (χ1n) is 12.4. The Morgan fingerprint density at radius 1 is 1.17 bits per heavy atom. The van der Waals surface area contributed by atoms with Crippen LogP contribution in [0.3, 0.4) is 0 Å². The second-order valence-corrected chi connectivity index (χ2v) is 10.9. The summed E-state index contributed by atoms with van der Waals surface area (Å²) in [6.07, 6.45) is 1.67.